The van der Waals surface area contributed by atoms with E-state index in [4.69, 9.17) is 0 Å². The third-order valence-corrected chi connectivity index (χ3v) is 3.03. The maximum absolute atomic E-state index is 11.4. The van der Waals surface area contributed by atoms with Crippen LogP contribution >= 0.6 is 0 Å². The van der Waals surface area contributed by atoms with Gasteiger partial charge in [-0.3, -0.25) is 9.59 Å². The minimum Gasteiger partial charge on any atom is -0.469 e. The standard InChI is InChI=1S/C15H27NO5/c1-3-4-5-6-7-10-13(17)16-21-15(19)12-9-8-11-14(18)20-2/h3-12H2,1-2H3,(H,16,17). The van der Waals surface area contributed by atoms with Crippen LogP contribution in [0.2, 0.25) is 0 Å². The van der Waals surface area contributed by atoms with Gasteiger partial charge in [-0.1, -0.05) is 32.6 Å². The van der Waals surface area contributed by atoms with E-state index < -0.39 is 5.97 Å². The fourth-order valence-electron chi connectivity index (χ4n) is 1.75. The second kappa shape index (κ2) is 13.4. The Morgan fingerprint density at radius 2 is 1.38 bits per heavy atom. The van der Waals surface area contributed by atoms with Gasteiger partial charge >= 0.3 is 11.9 Å². The van der Waals surface area contributed by atoms with E-state index in [9.17, 15) is 14.4 Å². The van der Waals surface area contributed by atoms with E-state index in [1.54, 1.807) is 0 Å². The lowest BCUT2D eigenvalue weighted by Gasteiger charge is -2.05. The Morgan fingerprint density at radius 1 is 0.810 bits per heavy atom. The number of hydrogen-bond acceptors (Lipinski definition) is 5. The summed E-state index contributed by atoms with van der Waals surface area (Å²) < 4.78 is 4.49. The van der Waals surface area contributed by atoms with Gasteiger partial charge in [0.1, 0.15) is 0 Å². The molecule has 0 radical (unpaired) electrons. The van der Waals surface area contributed by atoms with Crippen LogP contribution in [0.5, 0.6) is 0 Å². The second-order valence-electron chi connectivity index (χ2n) is 4.95. The van der Waals surface area contributed by atoms with Gasteiger partial charge in [0.25, 0.3) is 5.91 Å². The van der Waals surface area contributed by atoms with Gasteiger partial charge in [-0.15, -0.1) is 0 Å². The number of carbonyl (C=O) groups is 3. The fourth-order valence-corrected chi connectivity index (χ4v) is 1.75. The molecule has 0 aromatic rings. The van der Waals surface area contributed by atoms with Crippen molar-refractivity contribution in [1.82, 2.24) is 5.48 Å². The van der Waals surface area contributed by atoms with Crippen LogP contribution in [0.1, 0.15) is 71.1 Å². The van der Waals surface area contributed by atoms with Crippen molar-refractivity contribution in [1.29, 1.82) is 0 Å². The van der Waals surface area contributed by atoms with Gasteiger partial charge in [-0.2, -0.15) is 5.48 Å². The molecule has 0 aliphatic heterocycles. The van der Waals surface area contributed by atoms with E-state index in [0.29, 0.717) is 19.3 Å². The highest BCUT2D eigenvalue weighted by Crippen LogP contribution is 2.05. The highest BCUT2D eigenvalue weighted by molar-refractivity contribution is 5.77. The van der Waals surface area contributed by atoms with Crippen molar-refractivity contribution >= 4 is 17.8 Å². The van der Waals surface area contributed by atoms with E-state index in [-0.39, 0.29) is 24.7 Å². The van der Waals surface area contributed by atoms with E-state index >= 15 is 0 Å². The zero-order valence-corrected chi connectivity index (χ0v) is 13.1. The van der Waals surface area contributed by atoms with E-state index in [0.717, 1.165) is 19.3 Å². The molecule has 0 atom stereocenters. The molecule has 0 aromatic heterocycles. The summed E-state index contributed by atoms with van der Waals surface area (Å²) in [7, 11) is 1.33. The van der Waals surface area contributed by atoms with Crippen LogP contribution in [0.4, 0.5) is 0 Å². The lowest BCUT2D eigenvalue weighted by Crippen LogP contribution is -2.26. The summed E-state index contributed by atoms with van der Waals surface area (Å²) in [5.41, 5.74) is 2.15. The van der Waals surface area contributed by atoms with E-state index in [2.05, 4.69) is 22.0 Å². The van der Waals surface area contributed by atoms with Gasteiger partial charge in [0.05, 0.1) is 7.11 Å². The van der Waals surface area contributed by atoms with Crippen LogP contribution in [0, 0.1) is 0 Å². The summed E-state index contributed by atoms with van der Waals surface area (Å²) in [6.07, 6.45) is 7.23. The van der Waals surface area contributed by atoms with Gasteiger partial charge in [0, 0.05) is 19.3 Å². The van der Waals surface area contributed by atoms with Crippen molar-refractivity contribution in [2.45, 2.75) is 71.1 Å². The van der Waals surface area contributed by atoms with Crippen molar-refractivity contribution in [3.8, 4) is 0 Å². The molecule has 1 amide bonds. The number of rotatable bonds is 11. The highest BCUT2D eigenvalue weighted by Gasteiger charge is 2.07. The molecule has 0 saturated carbocycles. The van der Waals surface area contributed by atoms with Gasteiger partial charge in [-0.25, -0.2) is 4.79 Å². The molecule has 0 aliphatic rings. The van der Waals surface area contributed by atoms with Crippen molar-refractivity contribution in [3.05, 3.63) is 0 Å². The lowest BCUT2D eigenvalue weighted by atomic mass is 10.1. The van der Waals surface area contributed by atoms with Crippen molar-refractivity contribution in [2.75, 3.05) is 7.11 Å². The van der Waals surface area contributed by atoms with Crippen molar-refractivity contribution in [3.63, 3.8) is 0 Å². The van der Waals surface area contributed by atoms with Gasteiger partial charge < -0.3 is 9.57 Å². The molecule has 0 bridgehead atoms. The number of carbonyl (C=O) groups excluding carboxylic acids is 3. The number of esters is 1. The first-order valence-electron chi connectivity index (χ1n) is 7.65. The monoisotopic (exact) mass is 301 g/mol. The summed E-state index contributed by atoms with van der Waals surface area (Å²) in [6.45, 7) is 2.14. The normalized spacial score (nSPS) is 10.0. The highest BCUT2D eigenvalue weighted by atomic mass is 16.7. The summed E-state index contributed by atoms with van der Waals surface area (Å²) in [5.74, 6) is -1.05. The maximum Gasteiger partial charge on any atom is 0.332 e. The van der Waals surface area contributed by atoms with Crippen molar-refractivity contribution < 1.29 is 24.0 Å². The number of unbranched alkanes of at least 4 members (excludes halogenated alkanes) is 5. The predicted octanol–water partition coefficient (Wildman–Crippen LogP) is 2.65. The van der Waals surface area contributed by atoms with Crippen LogP contribution in [0.3, 0.4) is 0 Å². The Labute approximate surface area is 126 Å². The third kappa shape index (κ3) is 13.2. The molecule has 6 heteroatoms. The molecule has 21 heavy (non-hydrogen) atoms. The first kappa shape index (κ1) is 19.4. The molecular weight excluding hydrogens is 274 g/mol. The zero-order valence-electron chi connectivity index (χ0n) is 13.1. The Hall–Kier alpha value is -1.59. The predicted molar refractivity (Wildman–Crippen MR) is 78.1 cm³/mol. The van der Waals surface area contributed by atoms with Crippen LogP contribution in [0.25, 0.3) is 0 Å². The molecule has 0 rings (SSSR count). The average Bonchev–Trinajstić information content (AvgIpc) is 2.49. The smallest absolute Gasteiger partial charge is 0.332 e. The third-order valence-electron chi connectivity index (χ3n) is 3.03. The quantitative estimate of drug-likeness (QED) is 0.360. The molecule has 0 unspecified atom stereocenters. The summed E-state index contributed by atoms with van der Waals surface area (Å²) in [4.78, 5) is 38.2. The van der Waals surface area contributed by atoms with Crippen LogP contribution in [-0.4, -0.2) is 25.0 Å². The molecule has 122 valence electrons. The van der Waals surface area contributed by atoms with Gasteiger partial charge in [-0.05, 0) is 19.3 Å². The number of nitrogens with one attached hydrogen (secondary N) is 1. The molecule has 0 aliphatic carbocycles. The van der Waals surface area contributed by atoms with Crippen LogP contribution < -0.4 is 5.48 Å². The molecule has 0 fully saturated rings. The van der Waals surface area contributed by atoms with Gasteiger partial charge in [0.2, 0.25) is 0 Å². The fraction of sp³-hybridized carbons (Fsp3) is 0.800. The summed E-state index contributed by atoms with van der Waals surface area (Å²) in [6, 6.07) is 0. The average molecular weight is 301 g/mol. The van der Waals surface area contributed by atoms with Crippen LogP contribution in [0.15, 0.2) is 0 Å². The number of hydrogen-bond donors (Lipinski definition) is 1. The van der Waals surface area contributed by atoms with Gasteiger partial charge in [0.15, 0.2) is 0 Å². The molecule has 0 heterocycles. The lowest BCUT2D eigenvalue weighted by molar-refractivity contribution is -0.158. The molecule has 1 N–H and O–H groups in total. The first-order chi connectivity index (χ1) is 10.1. The zero-order chi connectivity index (χ0) is 15.9. The Morgan fingerprint density at radius 3 is 2.00 bits per heavy atom. The maximum atomic E-state index is 11.4. The molecule has 0 saturated heterocycles. The Kier molecular flexibility index (Phi) is 12.4. The summed E-state index contributed by atoms with van der Waals surface area (Å²) in [5, 5.41) is 0. The minimum absolute atomic E-state index is 0.174. The van der Waals surface area contributed by atoms with E-state index in [1.165, 1.54) is 20.0 Å². The molecular formula is C15H27NO5. The second-order valence-corrected chi connectivity index (χ2v) is 4.95. The SMILES string of the molecule is CCCCCCCC(=O)NOC(=O)CCCCC(=O)OC. The molecule has 0 aromatic carbocycles. The number of methoxy groups -OCH3 is 1. The molecule has 6 nitrogen and oxygen atoms in total. The van der Waals surface area contributed by atoms with Crippen LogP contribution in [-0.2, 0) is 24.0 Å². The molecule has 0 spiro atoms. The number of ether oxygens (including phenoxy) is 1. The Bertz CT molecular complexity index is 317. The van der Waals surface area contributed by atoms with E-state index in [1.807, 2.05) is 0 Å². The number of hydroxylamine groups is 1. The largest absolute Gasteiger partial charge is 0.469 e. The van der Waals surface area contributed by atoms with Crippen molar-refractivity contribution in [2.24, 2.45) is 0 Å². The summed E-state index contributed by atoms with van der Waals surface area (Å²) >= 11 is 0. The topological polar surface area (TPSA) is 81.7 Å². The first-order valence-corrected chi connectivity index (χ1v) is 7.65. The number of amides is 1. The Balaban J connectivity index is 3.46. The minimum atomic E-state index is -0.487.